The molecule has 1 atom stereocenters. The minimum absolute atomic E-state index is 0.206. The van der Waals surface area contributed by atoms with Crippen molar-refractivity contribution in [3.05, 3.63) is 12.2 Å². The maximum atomic E-state index is 11.8. The molecule has 8 heteroatoms. The van der Waals surface area contributed by atoms with Gasteiger partial charge in [0.25, 0.3) is 0 Å². The average molecular weight is 272 g/mol. The van der Waals surface area contributed by atoms with Crippen LogP contribution in [0.2, 0.25) is 0 Å². The van der Waals surface area contributed by atoms with Crippen LogP contribution in [0.25, 0.3) is 0 Å². The second-order valence-electron chi connectivity index (χ2n) is 3.47. The van der Waals surface area contributed by atoms with Gasteiger partial charge in [0, 0.05) is 12.3 Å². The number of hydrogen-bond acceptors (Lipinski definition) is 5. The highest BCUT2D eigenvalue weighted by molar-refractivity contribution is 7.98. The quantitative estimate of drug-likeness (QED) is 0.305. The van der Waals surface area contributed by atoms with Gasteiger partial charge >= 0.3 is 18.1 Å². The minimum atomic E-state index is -0.720. The molecule has 0 saturated carbocycles. The molecule has 4 amide bonds. The van der Waals surface area contributed by atoms with Gasteiger partial charge in [-0.1, -0.05) is 12.2 Å². The molecule has 18 heavy (non-hydrogen) atoms. The van der Waals surface area contributed by atoms with E-state index in [4.69, 9.17) is 5.41 Å². The van der Waals surface area contributed by atoms with Crippen molar-refractivity contribution in [3.63, 3.8) is 0 Å². The molecule has 1 aliphatic carbocycles. The Hall–Kier alpha value is -1.70. The number of carbonyl (C=O) groups excluding carboxylic acids is 2. The molecule has 0 aromatic heterocycles. The van der Waals surface area contributed by atoms with E-state index in [-0.39, 0.29) is 5.25 Å². The van der Waals surface area contributed by atoms with E-state index >= 15 is 0 Å². The number of nitrogens with zero attached hydrogens (tertiary/aromatic N) is 1. The van der Waals surface area contributed by atoms with Gasteiger partial charge in [-0.2, -0.15) is 4.90 Å². The SMILES string of the molecule is CNC(=O)N(C(=N)OC)C(=O)NSC1C=CCC1. The van der Waals surface area contributed by atoms with E-state index in [1.807, 2.05) is 12.2 Å². The zero-order chi connectivity index (χ0) is 13.5. The van der Waals surface area contributed by atoms with Crippen LogP contribution >= 0.6 is 11.9 Å². The van der Waals surface area contributed by atoms with Crippen molar-refractivity contribution in [2.24, 2.45) is 0 Å². The van der Waals surface area contributed by atoms with E-state index in [9.17, 15) is 9.59 Å². The number of ether oxygens (including phenoxy) is 1. The molecule has 0 aromatic carbocycles. The number of methoxy groups -OCH3 is 1. The van der Waals surface area contributed by atoms with Crippen LogP contribution in [0.4, 0.5) is 9.59 Å². The highest BCUT2D eigenvalue weighted by atomic mass is 32.2. The molecule has 0 radical (unpaired) electrons. The lowest BCUT2D eigenvalue weighted by Crippen LogP contribution is -2.49. The summed E-state index contributed by atoms with van der Waals surface area (Å²) in [6, 6.07) is -1.96. The maximum Gasteiger partial charge on any atom is 0.343 e. The van der Waals surface area contributed by atoms with E-state index in [0.29, 0.717) is 4.90 Å². The smallest absolute Gasteiger partial charge is 0.343 e. The molecule has 0 heterocycles. The Morgan fingerprint density at radius 3 is 2.72 bits per heavy atom. The number of allylic oxidation sites excluding steroid dienone is 1. The van der Waals surface area contributed by atoms with Crippen LogP contribution in [0, 0.1) is 5.41 Å². The fourth-order valence-electron chi connectivity index (χ4n) is 1.35. The zero-order valence-corrected chi connectivity index (χ0v) is 11.0. The number of imide groups is 1. The van der Waals surface area contributed by atoms with Gasteiger partial charge in [0.2, 0.25) is 0 Å². The number of nitrogens with one attached hydrogen (secondary N) is 3. The topological polar surface area (TPSA) is 94.5 Å². The van der Waals surface area contributed by atoms with Crippen LogP contribution in [0.1, 0.15) is 12.8 Å². The van der Waals surface area contributed by atoms with E-state index < -0.39 is 18.1 Å². The number of urea groups is 2. The summed E-state index contributed by atoms with van der Waals surface area (Å²) in [5, 5.41) is 9.88. The molecular formula is C10H16N4O3S. The van der Waals surface area contributed by atoms with E-state index in [1.165, 1.54) is 26.1 Å². The van der Waals surface area contributed by atoms with Crippen LogP contribution in [0.3, 0.4) is 0 Å². The summed E-state index contributed by atoms with van der Waals surface area (Å²) in [7, 11) is 2.59. The van der Waals surface area contributed by atoms with Crippen molar-refractivity contribution in [2.45, 2.75) is 18.1 Å². The first kappa shape index (κ1) is 14.4. The summed E-state index contributed by atoms with van der Waals surface area (Å²) in [6.45, 7) is 0. The summed E-state index contributed by atoms with van der Waals surface area (Å²) in [4.78, 5) is 23.8. The molecule has 0 saturated heterocycles. The van der Waals surface area contributed by atoms with E-state index in [2.05, 4.69) is 14.8 Å². The minimum Gasteiger partial charge on any atom is -0.468 e. The third-order valence-corrected chi connectivity index (χ3v) is 3.27. The second kappa shape index (κ2) is 6.90. The normalized spacial score (nSPS) is 17.1. The third kappa shape index (κ3) is 3.66. The van der Waals surface area contributed by atoms with Crippen molar-refractivity contribution < 1.29 is 14.3 Å². The molecule has 0 fully saturated rings. The number of carbonyl (C=O) groups is 2. The van der Waals surface area contributed by atoms with Crippen LogP contribution in [0.5, 0.6) is 0 Å². The Labute approximate surface area is 110 Å². The van der Waals surface area contributed by atoms with Crippen LogP contribution in [-0.4, -0.2) is 42.4 Å². The van der Waals surface area contributed by atoms with Gasteiger partial charge in [-0.15, -0.1) is 0 Å². The van der Waals surface area contributed by atoms with Gasteiger partial charge in [-0.3, -0.25) is 10.1 Å². The number of amidine groups is 1. The van der Waals surface area contributed by atoms with Gasteiger partial charge < -0.3 is 10.1 Å². The first-order valence-corrected chi connectivity index (χ1v) is 6.24. The molecule has 7 nitrogen and oxygen atoms in total. The predicted octanol–water partition coefficient (Wildman–Crippen LogP) is 1.29. The molecule has 0 spiro atoms. The van der Waals surface area contributed by atoms with Crippen molar-refractivity contribution >= 4 is 30.0 Å². The molecule has 0 aliphatic heterocycles. The van der Waals surface area contributed by atoms with E-state index in [0.717, 1.165) is 12.8 Å². The Kier molecular flexibility index (Phi) is 5.50. The largest absolute Gasteiger partial charge is 0.468 e. The number of hydrogen-bond donors (Lipinski definition) is 3. The van der Waals surface area contributed by atoms with Crippen LogP contribution in [-0.2, 0) is 4.74 Å². The van der Waals surface area contributed by atoms with Gasteiger partial charge in [0.05, 0.1) is 7.11 Å². The molecular weight excluding hydrogens is 256 g/mol. The van der Waals surface area contributed by atoms with Gasteiger partial charge in [-0.25, -0.2) is 9.59 Å². The molecule has 3 N–H and O–H groups in total. The molecule has 1 rings (SSSR count). The summed E-state index contributed by atoms with van der Waals surface area (Å²) >= 11 is 1.22. The summed E-state index contributed by atoms with van der Waals surface area (Å²) < 4.78 is 7.12. The average Bonchev–Trinajstić information content (AvgIpc) is 2.89. The van der Waals surface area contributed by atoms with Crippen molar-refractivity contribution in [3.8, 4) is 0 Å². The van der Waals surface area contributed by atoms with Gasteiger partial charge in [0.15, 0.2) is 0 Å². The van der Waals surface area contributed by atoms with Crippen molar-refractivity contribution in [1.82, 2.24) is 14.9 Å². The van der Waals surface area contributed by atoms with Crippen molar-refractivity contribution in [2.75, 3.05) is 14.2 Å². The number of rotatable bonds is 2. The first-order valence-electron chi connectivity index (χ1n) is 5.36. The standard InChI is InChI=1S/C10H16N4O3S/c1-12-9(15)14(8(11)17-2)10(16)13-18-7-5-3-4-6-7/h3,5,7,11H,4,6H2,1-2H3,(H,12,15)(H,13,16). The monoisotopic (exact) mass is 272 g/mol. The highest BCUT2D eigenvalue weighted by Crippen LogP contribution is 2.21. The Morgan fingerprint density at radius 2 is 2.22 bits per heavy atom. The molecule has 1 unspecified atom stereocenters. The summed E-state index contributed by atoms with van der Waals surface area (Å²) in [5.74, 6) is 0. The van der Waals surface area contributed by atoms with Crippen LogP contribution in [0.15, 0.2) is 12.2 Å². The predicted molar refractivity (Wildman–Crippen MR) is 69.3 cm³/mol. The maximum absolute atomic E-state index is 11.8. The lowest BCUT2D eigenvalue weighted by atomic mass is 10.4. The van der Waals surface area contributed by atoms with Crippen LogP contribution < -0.4 is 10.0 Å². The summed E-state index contributed by atoms with van der Waals surface area (Å²) in [5.41, 5.74) is 0. The first-order chi connectivity index (χ1) is 8.60. The van der Waals surface area contributed by atoms with Crippen molar-refractivity contribution in [1.29, 1.82) is 5.41 Å². The van der Waals surface area contributed by atoms with Gasteiger partial charge in [0.1, 0.15) is 0 Å². The number of amides is 4. The third-order valence-electron chi connectivity index (χ3n) is 2.28. The Balaban J connectivity index is 2.55. The molecule has 1 aliphatic rings. The Morgan fingerprint density at radius 1 is 1.50 bits per heavy atom. The Bertz CT molecular complexity index is 356. The fourth-order valence-corrected chi connectivity index (χ4v) is 2.14. The summed E-state index contributed by atoms with van der Waals surface area (Å²) in [6.07, 6.45) is 5.97. The van der Waals surface area contributed by atoms with E-state index in [1.54, 1.807) is 0 Å². The van der Waals surface area contributed by atoms with Gasteiger partial charge in [-0.05, 0) is 24.8 Å². The molecule has 0 bridgehead atoms. The zero-order valence-electron chi connectivity index (χ0n) is 10.2. The lowest BCUT2D eigenvalue weighted by Gasteiger charge is -2.19. The second-order valence-corrected chi connectivity index (χ2v) is 4.51. The fraction of sp³-hybridized carbons (Fsp3) is 0.500. The molecule has 100 valence electrons. The lowest BCUT2D eigenvalue weighted by molar-refractivity contribution is 0.199. The molecule has 0 aromatic rings. The highest BCUT2D eigenvalue weighted by Gasteiger charge is 2.26.